The van der Waals surface area contributed by atoms with E-state index in [1.807, 2.05) is 0 Å². The van der Waals surface area contributed by atoms with Crippen molar-refractivity contribution in [3.05, 3.63) is 153 Å². The van der Waals surface area contributed by atoms with Crippen molar-refractivity contribution in [3.8, 4) is 0 Å². The summed E-state index contributed by atoms with van der Waals surface area (Å²) in [6.45, 7) is 28.4. The fourth-order valence-electron chi connectivity index (χ4n) is 10.5. The van der Waals surface area contributed by atoms with Gasteiger partial charge in [0, 0.05) is 35.3 Å². The van der Waals surface area contributed by atoms with Gasteiger partial charge in [0.05, 0.1) is 81.5 Å². The molecule has 0 heterocycles. The van der Waals surface area contributed by atoms with Crippen LogP contribution in [0.5, 0.6) is 0 Å². The molecule has 0 nitrogen and oxygen atoms in total. The van der Waals surface area contributed by atoms with Crippen molar-refractivity contribution in [2.75, 3.05) is 37.0 Å². The van der Waals surface area contributed by atoms with Crippen LogP contribution in [0.2, 0.25) is 0 Å². The average molecular weight is 1490 g/mol. The summed E-state index contributed by atoms with van der Waals surface area (Å²) in [5, 5.41) is 0. The third-order valence-corrected chi connectivity index (χ3v) is 21.8. The Morgan fingerprint density at radius 1 is 0.261 bits per heavy atom. The Kier molecular flexibility index (Phi) is 31.4. The SMILES string of the molecule is CC(C)C[PH+](CC(C)C)CC(C)C.CC(C)C[PH+](CC(C)C)CC(C)C.FC(F)(F)c1cc([B-](c2cc(C(F)(F)F)cc(C(F)(F)F)c2)(c2cc(C(F)(F)F)cc(C(F)(F)F)c2)c2cc(C(F)(F)F)cc(C(F)(F)F)c2)cc(C(F)(F)F)c1.Fc1ccccc1F.[Rh]. The van der Waals surface area contributed by atoms with Gasteiger partial charge in [0.25, 0.3) is 0 Å². The van der Waals surface area contributed by atoms with E-state index in [1.54, 1.807) is 0 Å². The van der Waals surface area contributed by atoms with E-state index in [0.29, 0.717) is 0 Å². The number of halogens is 26. The molecule has 0 unspecified atom stereocenters. The van der Waals surface area contributed by atoms with Crippen LogP contribution in [-0.4, -0.2) is 43.1 Å². The molecule has 5 aromatic rings. The smallest absolute Gasteiger partial charge is 0.204 e. The Hall–Kier alpha value is -4.17. The summed E-state index contributed by atoms with van der Waals surface area (Å²) in [5.41, 5.74) is -30.2. The van der Waals surface area contributed by atoms with Crippen LogP contribution in [0, 0.1) is 47.1 Å². The topological polar surface area (TPSA) is 0 Å². The van der Waals surface area contributed by atoms with E-state index < -0.39 is 206 Å². The van der Waals surface area contributed by atoms with Gasteiger partial charge < -0.3 is 0 Å². The third kappa shape index (κ3) is 27.1. The molecule has 5 rings (SSSR count). The maximum absolute atomic E-state index is 14.2. The first-order valence-electron chi connectivity index (χ1n) is 28.3. The van der Waals surface area contributed by atoms with Gasteiger partial charge in [-0.25, -0.2) is 8.78 Å². The number of hydrogen-bond donors (Lipinski definition) is 0. The van der Waals surface area contributed by atoms with Crippen LogP contribution in [0.4, 0.5) is 114 Å². The molecule has 30 heteroatoms. The van der Waals surface area contributed by atoms with Crippen LogP contribution in [0.1, 0.15) is 128 Å². The summed E-state index contributed by atoms with van der Waals surface area (Å²) in [4.78, 5) is 0. The Morgan fingerprint density at radius 3 is 0.489 bits per heavy atom. The zero-order valence-corrected chi connectivity index (χ0v) is 55.3. The molecular formula is C62H72BF26P2Rh+. The minimum Gasteiger partial charge on any atom is -0.204 e. The first-order chi connectivity index (χ1) is 40.9. The Balaban J connectivity index is 0.000000972. The molecular weight excluding hydrogens is 1410 g/mol. The summed E-state index contributed by atoms with van der Waals surface area (Å²) in [7, 11) is -0.0864. The monoisotopic (exact) mass is 1490 g/mol. The predicted molar refractivity (Wildman–Crippen MR) is 311 cm³/mol. The molecule has 0 bridgehead atoms. The number of benzene rings is 5. The average Bonchev–Trinajstić information content (AvgIpc) is 0.719. The molecule has 0 fully saturated rings. The molecule has 523 valence electrons. The van der Waals surface area contributed by atoms with Crippen LogP contribution in [0.15, 0.2) is 97.1 Å². The maximum Gasteiger partial charge on any atom is 0.416 e. The van der Waals surface area contributed by atoms with Crippen molar-refractivity contribution in [2.45, 2.75) is 132 Å². The van der Waals surface area contributed by atoms with Crippen molar-refractivity contribution < 1.29 is 134 Å². The van der Waals surface area contributed by atoms with Gasteiger partial charge in [0.15, 0.2) is 11.6 Å². The Bertz CT molecular complexity index is 2540. The molecule has 5 aromatic carbocycles. The zero-order chi connectivity index (χ0) is 70.8. The number of hydrogen-bond acceptors (Lipinski definition) is 0. The summed E-state index contributed by atoms with van der Waals surface area (Å²) in [6.07, 6.45) is -45.7. The first kappa shape index (κ1) is 85.8. The number of rotatable bonds is 16. The van der Waals surface area contributed by atoms with Gasteiger partial charge in [0.1, 0.15) is 6.15 Å². The largest absolute Gasteiger partial charge is 0.416 e. The van der Waals surface area contributed by atoms with Crippen molar-refractivity contribution in [2.24, 2.45) is 35.5 Å². The van der Waals surface area contributed by atoms with Gasteiger partial charge in [-0.05, 0) is 71.9 Å². The molecule has 0 N–H and O–H groups in total. The van der Waals surface area contributed by atoms with Crippen molar-refractivity contribution in [1.82, 2.24) is 0 Å². The molecule has 1 radical (unpaired) electrons. The van der Waals surface area contributed by atoms with E-state index in [0.717, 1.165) is 47.6 Å². The molecule has 0 atom stereocenters. The quantitative estimate of drug-likeness (QED) is 0.0525. The number of alkyl halides is 24. The van der Waals surface area contributed by atoms with Gasteiger partial charge >= 0.3 is 49.4 Å². The molecule has 0 aliphatic rings. The van der Waals surface area contributed by atoms with E-state index in [-0.39, 0.29) is 35.3 Å². The van der Waals surface area contributed by atoms with Crippen LogP contribution in [0.25, 0.3) is 0 Å². The third-order valence-electron chi connectivity index (χ3n) is 13.4. The Morgan fingerprint density at radius 2 is 0.391 bits per heavy atom. The van der Waals surface area contributed by atoms with Crippen molar-refractivity contribution >= 4 is 43.8 Å². The summed E-state index contributed by atoms with van der Waals surface area (Å²) in [6, 6.07) is -3.77. The molecule has 0 aliphatic heterocycles. The van der Waals surface area contributed by atoms with Gasteiger partial charge in [-0.15, -0.1) is 0 Å². The van der Waals surface area contributed by atoms with Gasteiger partial charge in [0.2, 0.25) is 0 Å². The van der Waals surface area contributed by atoms with E-state index in [1.165, 1.54) is 49.1 Å². The molecule has 0 spiro atoms. The summed E-state index contributed by atoms with van der Waals surface area (Å²) in [5.74, 6) is 3.85. The maximum atomic E-state index is 14.2. The molecule has 0 aliphatic carbocycles. The van der Waals surface area contributed by atoms with E-state index in [9.17, 15) is 114 Å². The second-order valence-electron chi connectivity index (χ2n) is 24.7. The standard InChI is InChI=1S/C32H12BF24.2C12H27P.C6H4F2.Rh/c34-25(35,36)13-1-14(26(37,38)39)6-21(5-13)33(22-7-15(27(40,41)42)2-16(8-22)28(43,44)45,23-9-17(29(46,47)48)3-18(10-23)30(49,50)51)24-11-19(31(52,53)54)4-20(12-24)32(55,56)57;2*1-10(2)7-13(8-11(3)4)9-12(5)6;7-5-3-1-2-4-6(5)8;/h1-12H;2*10-12H,7-9H2,1-6H3;1-4H;/q-1;;;;/p+2. The van der Waals surface area contributed by atoms with Crippen LogP contribution >= 0.6 is 15.8 Å². The molecule has 0 saturated heterocycles. The van der Waals surface area contributed by atoms with E-state index in [2.05, 4.69) is 83.1 Å². The molecule has 92 heavy (non-hydrogen) atoms. The minimum absolute atomic E-state index is 0. The fourth-order valence-corrected chi connectivity index (χ4v) is 18.4. The van der Waals surface area contributed by atoms with Gasteiger partial charge in [-0.1, -0.05) is 144 Å². The normalized spacial score (nSPS) is 13.2. The minimum atomic E-state index is -6.13. The molecule has 0 saturated carbocycles. The van der Waals surface area contributed by atoms with Crippen LogP contribution in [-0.2, 0) is 68.9 Å². The zero-order valence-electron chi connectivity index (χ0n) is 51.7. The second kappa shape index (κ2) is 33.7. The van der Waals surface area contributed by atoms with E-state index >= 15 is 0 Å². The van der Waals surface area contributed by atoms with Crippen LogP contribution in [0.3, 0.4) is 0 Å². The summed E-state index contributed by atoms with van der Waals surface area (Å²) >= 11 is 0. The first-order valence-corrected chi connectivity index (χ1v) is 32.6. The van der Waals surface area contributed by atoms with Gasteiger partial charge in [-0.2, -0.15) is 127 Å². The van der Waals surface area contributed by atoms with Crippen molar-refractivity contribution in [3.63, 3.8) is 0 Å². The summed E-state index contributed by atoms with van der Waals surface area (Å²) < 4.78 is 365. The van der Waals surface area contributed by atoms with Crippen LogP contribution < -0.4 is 21.9 Å². The second-order valence-corrected chi connectivity index (χ2v) is 30.2. The van der Waals surface area contributed by atoms with Crippen molar-refractivity contribution in [1.29, 1.82) is 0 Å². The van der Waals surface area contributed by atoms with E-state index in [4.69, 9.17) is 0 Å². The fraction of sp³-hybridized carbons (Fsp3) is 0.516. The van der Waals surface area contributed by atoms with Gasteiger partial charge in [-0.3, -0.25) is 0 Å². The molecule has 0 amide bonds. The predicted octanol–water partition coefficient (Wildman–Crippen LogP) is 21.5. The Labute approximate surface area is 533 Å². The molecule has 0 aromatic heterocycles.